The predicted molar refractivity (Wildman–Crippen MR) is 81.0 cm³/mol. The summed E-state index contributed by atoms with van der Waals surface area (Å²) >= 11 is 0. The molecule has 0 saturated heterocycles. The molecule has 4 nitrogen and oxygen atoms in total. The normalized spacial score (nSPS) is 13.9. The van der Waals surface area contributed by atoms with E-state index < -0.39 is 0 Å². The third-order valence-corrected chi connectivity index (χ3v) is 4.01. The Bertz CT molecular complexity index is 664. The molecule has 4 heteroatoms. The van der Waals surface area contributed by atoms with Crippen molar-refractivity contribution in [3.8, 4) is 0 Å². The fourth-order valence-electron chi connectivity index (χ4n) is 2.69. The summed E-state index contributed by atoms with van der Waals surface area (Å²) in [6, 6.07) is 6.58. The first kappa shape index (κ1) is 13.7. The standard InChI is InChI=1S/C17H19N3O/c1-3-13-4-5-15-11-20(7-6-14(15)8-13)17(21)16-9-18-12(2)19-10-16/h4-5,8-10H,3,6-7,11H2,1-2H3. The number of carbonyl (C=O) groups excluding carboxylic acids is 1. The second-order valence-corrected chi connectivity index (χ2v) is 5.45. The van der Waals surface area contributed by atoms with Gasteiger partial charge in [0.05, 0.1) is 5.56 Å². The van der Waals surface area contributed by atoms with Gasteiger partial charge in [-0.1, -0.05) is 25.1 Å². The van der Waals surface area contributed by atoms with Crippen LogP contribution in [0.3, 0.4) is 0 Å². The number of rotatable bonds is 2. The van der Waals surface area contributed by atoms with Gasteiger partial charge in [-0.15, -0.1) is 0 Å². The van der Waals surface area contributed by atoms with Crippen molar-refractivity contribution in [2.75, 3.05) is 6.54 Å². The molecule has 1 amide bonds. The van der Waals surface area contributed by atoms with Crippen LogP contribution in [0, 0.1) is 6.92 Å². The van der Waals surface area contributed by atoms with Gasteiger partial charge in [-0.25, -0.2) is 9.97 Å². The van der Waals surface area contributed by atoms with Crippen LogP contribution in [0.25, 0.3) is 0 Å². The maximum Gasteiger partial charge on any atom is 0.257 e. The summed E-state index contributed by atoms with van der Waals surface area (Å²) < 4.78 is 0. The Morgan fingerprint density at radius 1 is 1.24 bits per heavy atom. The summed E-state index contributed by atoms with van der Waals surface area (Å²) in [5.41, 5.74) is 4.55. The van der Waals surface area contributed by atoms with E-state index in [1.807, 2.05) is 11.8 Å². The Morgan fingerprint density at radius 2 is 2.00 bits per heavy atom. The van der Waals surface area contributed by atoms with Crippen LogP contribution in [0.15, 0.2) is 30.6 Å². The van der Waals surface area contributed by atoms with E-state index in [1.54, 1.807) is 12.4 Å². The first-order valence-corrected chi connectivity index (χ1v) is 7.36. The van der Waals surface area contributed by atoms with Gasteiger partial charge in [0.25, 0.3) is 5.91 Å². The summed E-state index contributed by atoms with van der Waals surface area (Å²) in [5.74, 6) is 0.697. The minimum absolute atomic E-state index is 0.0141. The summed E-state index contributed by atoms with van der Waals surface area (Å²) in [6.45, 7) is 5.41. The van der Waals surface area contributed by atoms with Crippen LogP contribution < -0.4 is 0 Å². The van der Waals surface area contributed by atoms with Crippen molar-refractivity contribution >= 4 is 5.91 Å². The van der Waals surface area contributed by atoms with E-state index in [4.69, 9.17) is 0 Å². The molecule has 1 aliphatic rings. The van der Waals surface area contributed by atoms with Crippen LogP contribution in [-0.2, 0) is 19.4 Å². The second kappa shape index (κ2) is 5.64. The number of aromatic nitrogens is 2. The molecule has 1 aromatic heterocycles. The molecule has 0 unspecified atom stereocenters. The number of fused-ring (bicyclic) bond motifs is 1. The van der Waals surface area contributed by atoms with Gasteiger partial charge in [-0.2, -0.15) is 0 Å². The van der Waals surface area contributed by atoms with Crippen molar-refractivity contribution < 1.29 is 4.79 Å². The minimum Gasteiger partial charge on any atom is -0.334 e. The number of nitrogens with zero attached hydrogens (tertiary/aromatic N) is 3. The second-order valence-electron chi connectivity index (χ2n) is 5.45. The molecule has 1 aliphatic heterocycles. The fourth-order valence-corrected chi connectivity index (χ4v) is 2.69. The van der Waals surface area contributed by atoms with E-state index in [9.17, 15) is 4.79 Å². The van der Waals surface area contributed by atoms with E-state index >= 15 is 0 Å². The fraction of sp³-hybridized carbons (Fsp3) is 0.353. The highest BCUT2D eigenvalue weighted by Gasteiger charge is 2.22. The zero-order valence-corrected chi connectivity index (χ0v) is 12.5. The zero-order valence-electron chi connectivity index (χ0n) is 12.5. The molecular formula is C17H19N3O. The smallest absolute Gasteiger partial charge is 0.257 e. The van der Waals surface area contributed by atoms with E-state index in [0.29, 0.717) is 17.9 Å². The molecular weight excluding hydrogens is 262 g/mol. The van der Waals surface area contributed by atoms with Gasteiger partial charge in [-0.3, -0.25) is 4.79 Å². The quantitative estimate of drug-likeness (QED) is 0.850. The number of amides is 1. The summed E-state index contributed by atoms with van der Waals surface area (Å²) in [4.78, 5) is 22.6. The number of hydrogen-bond donors (Lipinski definition) is 0. The highest BCUT2D eigenvalue weighted by molar-refractivity contribution is 5.93. The predicted octanol–water partition coefficient (Wildman–Crippen LogP) is 2.55. The Hall–Kier alpha value is -2.23. The van der Waals surface area contributed by atoms with Crippen molar-refractivity contribution in [1.29, 1.82) is 0 Å². The van der Waals surface area contributed by atoms with Gasteiger partial charge in [0, 0.05) is 25.5 Å². The van der Waals surface area contributed by atoms with Crippen LogP contribution in [0.4, 0.5) is 0 Å². The molecule has 2 heterocycles. The Labute approximate surface area is 124 Å². The van der Waals surface area contributed by atoms with Crippen LogP contribution in [0.2, 0.25) is 0 Å². The first-order valence-electron chi connectivity index (χ1n) is 7.36. The van der Waals surface area contributed by atoms with Gasteiger partial charge in [0.1, 0.15) is 5.82 Å². The lowest BCUT2D eigenvalue weighted by molar-refractivity contribution is 0.0734. The highest BCUT2D eigenvalue weighted by Crippen LogP contribution is 2.22. The number of hydrogen-bond acceptors (Lipinski definition) is 3. The molecule has 21 heavy (non-hydrogen) atoms. The highest BCUT2D eigenvalue weighted by atomic mass is 16.2. The van der Waals surface area contributed by atoms with Gasteiger partial charge < -0.3 is 4.90 Å². The Balaban J connectivity index is 1.79. The zero-order chi connectivity index (χ0) is 14.8. The van der Waals surface area contributed by atoms with Crippen molar-refractivity contribution in [1.82, 2.24) is 14.9 Å². The van der Waals surface area contributed by atoms with E-state index in [0.717, 1.165) is 19.4 Å². The molecule has 0 saturated carbocycles. The van der Waals surface area contributed by atoms with Gasteiger partial charge >= 0.3 is 0 Å². The summed E-state index contributed by atoms with van der Waals surface area (Å²) in [5, 5.41) is 0. The first-order chi connectivity index (χ1) is 10.2. The third-order valence-electron chi connectivity index (χ3n) is 4.01. The van der Waals surface area contributed by atoms with E-state index in [-0.39, 0.29) is 5.91 Å². The van der Waals surface area contributed by atoms with Gasteiger partial charge in [0.2, 0.25) is 0 Å². The van der Waals surface area contributed by atoms with Crippen molar-refractivity contribution in [3.05, 3.63) is 58.7 Å². The third kappa shape index (κ3) is 2.79. The Morgan fingerprint density at radius 3 is 2.71 bits per heavy atom. The van der Waals surface area contributed by atoms with E-state index in [1.165, 1.54) is 16.7 Å². The maximum absolute atomic E-state index is 12.5. The van der Waals surface area contributed by atoms with Gasteiger partial charge in [-0.05, 0) is 36.5 Å². The van der Waals surface area contributed by atoms with Crippen molar-refractivity contribution in [2.24, 2.45) is 0 Å². The molecule has 3 rings (SSSR count). The van der Waals surface area contributed by atoms with Crippen molar-refractivity contribution in [2.45, 2.75) is 33.2 Å². The molecule has 0 aliphatic carbocycles. The largest absolute Gasteiger partial charge is 0.334 e. The maximum atomic E-state index is 12.5. The summed E-state index contributed by atoms with van der Waals surface area (Å²) in [6.07, 6.45) is 5.19. The average Bonchev–Trinajstić information content (AvgIpc) is 2.54. The van der Waals surface area contributed by atoms with E-state index in [2.05, 4.69) is 35.1 Å². The van der Waals surface area contributed by atoms with Crippen molar-refractivity contribution in [3.63, 3.8) is 0 Å². The van der Waals surface area contributed by atoms with Crippen LogP contribution in [-0.4, -0.2) is 27.3 Å². The SMILES string of the molecule is CCc1ccc2c(c1)CCN(C(=O)c1cnc(C)nc1)C2. The molecule has 2 aromatic rings. The van der Waals surface area contributed by atoms with Crippen LogP contribution in [0.1, 0.15) is 39.8 Å². The van der Waals surface area contributed by atoms with Gasteiger partial charge in [0.15, 0.2) is 0 Å². The molecule has 0 atom stereocenters. The number of carbonyl (C=O) groups is 1. The molecule has 0 bridgehead atoms. The molecule has 0 fully saturated rings. The molecule has 1 aromatic carbocycles. The molecule has 0 spiro atoms. The van der Waals surface area contributed by atoms with Crippen LogP contribution >= 0.6 is 0 Å². The topological polar surface area (TPSA) is 46.1 Å². The summed E-state index contributed by atoms with van der Waals surface area (Å²) in [7, 11) is 0. The monoisotopic (exact) mass is 281 g/mol. The lowest BCUT2D eigenvalue weighted by Gasteiger charge is -2.29. The Kier molecular flexibility index (Phi) is 3.69. The number of aryl methyl sites for hydroxylation is 2. The lowest BCUT2D eigenvalue weighted by atomic mass is 9.96. The lowest BCUT2D eigenvalue weighted by Crippen LogP contribution is -2.36. The molecule has 108 valence electrons. The van der Waals surface area contributed by atoms with Crippen LogP contribution in [0.5, 0.6) is 0 Å². The molecule has 0 N–H and O–H groups in total. The number of benzene rings is 1. The average molecular weight is 281 g/mol. The minimum atomic E-state index is 0.0141. The molecule has 0 radical (unpaired) electrons.